The number of carbonyl (C=O) groups excluding carboxylic acids is 1. The van der Waals surface area contributed by atoms with Gasteiger partial charge in [-0.1, -0.05) is 19.1 Å². The topological polar surface area (TPSA) is 67.3 Å². The Morgan fingerprint density at radius 2 is 1.96 bits per heavy atom. The van der Waals surface area contributed by atoms with Gasteiger partial charge in [-0.25, -0.2) is 9.97 Å². The zero-order valence-corrected chi connectivity index (χ0v) is 15.4. The molecular weight excluding hydrogens is 328 g/mol. The molecule has 0 saturated carbocycles. The number of methoxy groups -OCH3 is 1. The summed E-state index contributed by atoms with van der Waals surface area (Å²) in [6, 6.07) is 9.67. The van der Waals surface area contributed by atoms with Gasteiger partial charge in [0.2, 0.25) is 5.95 Å². The fourth-order valence-corrected chi connectivity index (χ4v) is 3.05. The van der Waals surface area contributed by atoms with Gasteiger partial charge in [-0.2, -0.15) is 0 Å². The van der Waals surface area contributed by atoms with Crippen LogP contribution in [0.2, 0.25) is 0 Å². The van der Waals surface area contributed by atoms with Gasteiger partial charge in [-0.05, 0) is 48.9 Å². The quantitative estimate of drug-likeness (QED) is 0.864. The summed E-state index contributed by atoms with van der Waals surface area (Å²) in [5.74, 6) is 2.04. The largest absolute Gasteiger partial charge is 0.497 e. The second-order valence-electron chi connectivity index (χ2n) is 6.77. The maximum atomic E-state index is 12.6. The van der Waals surface area contributed by atoms with Gasteiger partial charge < -0.3 is 15.0 Å². The van der Waals surface area contributed by atoms with Gasteiger partial charge in [0.15, 0.2) is 0 Å². The van der Waals surface area contributed by atoms with Crippen LogP contribution >= 0.6 is 0 Å². The second kappa shape index (κ2) is 8.65. The number of nitrogens with zero attached hydrogens (tertiary/aromatic N) is 3. The number of hydrogen-bond donors (Lipinski definition) is 1. The number of anilines is 1. The molecule has 1 aromatic heterocycles. The Kier molecular flexibility index (Phi) is 6.04. The van der Waals surface area contributed by atoms with Crippen molar-refractivity contribution in [3.8, 4) is 5.75 Å². The molecule has 138 valence electrons. The molecule has 1 saturated heterocycles. The maximum absolute atomic E-state index is 12.6. The van der Waals surface area contributed by atoms with Gasteiger partial charge >= 0.3 is 0 Å². The lowest BCUT2D eigenvalue weighted by molar-refractivity contribution is 0.0691. The first kappa shape index (κ1) is 18.2. The number of carbonyl (C=O) groups is 1. The van der Waals surface area contributed by atoms with Crippen LogP contribution in [0.25, 0.3) is 0 Å². The van der Waals surface area contributed by atoms with E-state index in [9.17, 15) is 4.79 Å². The molecule has 26 heavy (non-hydrogen) atoms. The van der Waals surface area contributed by atoms with Crippen molar-refractivity contribution < 1.29 is 9.53 Å². The summed E-state index contributed by atoms with van der Waals surface area (Å²) in [6.45, 7) is 4.55. The van der Waals surface area contributed by atoms with E-state index in [4.69, 9.17) is 4.74 Å². The molecule has 0 bridgehead atoms. The summed E-state index contributed by atoms with van der Waals surface area (Å²) in [5, 5.41) is 3.20. The van der Waals surface area contributed by atoms with E-state index >= 15 is 0 Å². The Balaban J connectivity index is 1.54. The third-order valence-corrected chi connectivity index (χ3v) is 4.80. The van der Waals surface area contributed by atoms with Crippen molar-refractivity contribution in [3.05, 3.63) is 47.8 Å². The zero-order valence-electron chi connectivity index (χ0n) is 15.4. The molecule has 3 rings (SSSR count). The Hall–Kier alpha value is -2.63. The predicted molar refractivity (Wildman–Crippen MR) is 102 cm³/mol. The number of aromatic nitrogens is 2. The molecule has 1 aliphatic heterocycles. The smallest absolute Gasteiger partial charge is 0.272 e. The third-order valence-electron chi connectivity index (χ3n) is 4.80. The van der Waals surface area contributed by atoms with Crippen LogP contribution in [-0.4, -0.2) is 47.5 Å². The maximum Gasteiger partial charge on any atom is 0.272 e. The predicted octanol–water partition coefficient (Wildman–Crippen LogP) is 3.01. The van der Waals surface area contributed by atoms with Gasteiger partial charge in [-0.15, -0.1) is 0 Å². The van der Waals surface area contributed by atoms with Crippen LogP contribution in [0.3, 0.4) is 0 Å². The van der Waals surface area contributed by atoms with Crippen LogP contribution in [0.1, 0.15) is 35.8 Å². The number of nitrogens with one attached hydrogen (secondary N) is 1. The van der Waals surface area contributed by atoms with E-state index in [0.29, 0.717) is 24.1 Å². The van der Waals surface area contributed by atoms with Gasteiger partial charge in [0.1, 0.15) is 11.4 Å². The highest BCUT2D eigenvalue weighted by molar-refractivity contribution is 5.92. The highest BCUT2D eigenvalue weighted by Gasteiger charge is 2.22. The molecule has 0 atom stereocenters. The minimum atomic E-state index is -0.00231. The summed E-state index contributed by atoms with van der Waals surface area (Å²) in [6.07, 6.45) is 4.60. The highest BCUT2D eigenvalue weighted by atomic mass is 16.5. The molecule has 2 aromatic rings. The summed E-state index contributed by atoms with van der Waals surface area (Å²) >= 11 is 0. The van der Waals surface area contributed by atoms with Crippen molar-refractivity contribution in [1.82, 2.24) is 14.9 Å². The van der Waals surface area contributed by atoms with E-state index in [0.717, 1.165) is 38.1 Å². The van der Waals surface area contributed by atoms with Crippen LogP contribution < -0.4 is 10.1 Å². The van der Waals surface area contributed by atoms with E-state index in [1.54, 1.807) is 19.4 Å². The minimum absolute atomic E-state index is 0.00231. The molecule has 1 N–H and O–H groups in total. The summed E-state index contributed by atoms with van der Waals surface area (Å²) in [7, 11) is 1.66. The molecule has 0 radical (unpaired) electrons. The van der Waals surface area contributed by atoms with Crippen molar-refractivity contribution in [2.75, 3.05) is 32.1 Å². The first-order valence-electron chi connectivity index (χ1n) is 9.15. The van der Waals surface area contributed by atoms with Gasteiger partial charge in [-0.3, -0.25) is 4.79 Å². The van der Waals surface area contributed by atoms with Crippen molar-refractivity contribution in [2.45, 2.75) is 26.2 Å². The first-order valence-corrected chi connectivity index (χ1v) is 9.15. The minimum Gasteiger partial charge on any atom is -0.497 e. The number of benzene rings is 1. The SMILES string of the molecule is COc1ccc(CCNc2nccc(C(=O)N3CCC(C)CC3)n2)cc1. The Morgan fingerprint density at radius 1 is 1.23 bits per heavy atom. The number of ether oxygens (including phenoxy) is 1. The molecule has 0 spiro atoms. The number of likely N-dealkylation sites (tertiary alicyclic amines) is 1. The molecule has 1 fully saturated rings. The van der Waals surface area contributed by atoms with Gasteiger partial charge in [0.25, 0.3) is 5.91 Å². The van der Waals surface area contributed by atoms with E-state index < -0.39 is 0 Å². The number of piperidine rings is 1. The second-order valence-corrected chi connectivity index (χ2v) is 6.77. The fraction of sp³-hybridized carbons (Fsp3) is 0.450. The van der Waals surface area contributed by atoms with Crippen LogP contribution in [-0.2, 0) is 6.42 Å². The fourth-order valence-electron chi connectivity index (χ4n) is 3.05. The lowest BCUT2D eigenvalue weighted by Crippen LogP contribution is -2.38. The highest BCUT2D eigenvalue weighted by Crippen LogP contribution is 2.18. The molecular formula is C20H26N4O2. The number of amides is 1. The summed E-state index contributed by atoms with van der Waals surface area (Å²) in [5.41, 5.74) is 1.66. The lowest BCUT2D eigenvalue weighted by atomic mass is 9.99. The van der Waals surface area contributed by atoms with E-state index in [1.807, 2.05) is 29.2 Å². The van der Waals surface area contributed by atoms with Crippen LogP contribution in [0.5, 0.6) is 5.75 Å². The average molecular weight is 354 g/mol. The van der Waals surface area contributed by atoms with E-state index in [1.165, 1.54) is 5.56 Å². The Bertz CT molecular complexity index is 725. The summed E-state index contributed by atoms with van der Waals surface area (Å²) < 4.78 is 5.16. The van der Waals surface area contributed by atoms with Crippen LogP contribution in [0.4, 0.5) is 5.95 Å². The number of rotatable bonds is 6. The Labute approximate surface area is 154 Å². The molecule has 1 aliphatic rings. The number of hydrogen-bond acceptors (Lipinski definition) is 5. The molecule has 6 nitrogen and oxygen atoms in total. The van der Waals surface area contributed by atoms with Crippen LogP contribution in [0.15, 0.2) is 36.5 Å². The molecule has 0 aliphatic carbocycles. The van der Waals surface area contributed by atoms with E-state index in [2.05, 4.69) is 22.2 Å². The molecule has 6 heteroatoms. The van der Waals surface area contributed by atoms with E-state index in [-0.39, 0.29) is 5.91 Å². The standard InChI is InChI=1S/C20H26N4O2/c1-15-9-13-24(14-10-15)19(25)18-8-12-22-20(23-18)21-11-7-16-3-5-17(26-2)6-4-16/h3-6,8,12,15H,7,9-11,13-14H2,1-2H3,(H,21,22,23). The summed E-state index contributed by atoms with van der Waals surface area (Å²) in [4.78, 5) is 23.1. The van der Waals surface area contributed by atoms with Crippen molar-refractivity contribution in [3.63, 3.8) is 0 Å². The van der Waals surface area contributed by atoms with Crippen molar-refractivity contribution in [1.29, 1.82) is 0 Å². The van der Waals surface area contributed by atoms with Crippen molar-refractivity contribution in [2.24, 2.45) is 5.92 Å². The lowest BCUT2D eigenvalue weighted by Gasteiger charge is -2.30. The molecule has 0 unspecified atom stereocenters. The Morgan fingerprint density at radius 3 is 2.65 bits per heavy atom. The third kappa shape index (κ3) is 4.71. The zero-order chi connectivity index (χ0) is 18.4. The molecule has 2 heterocycles. The normalized spacial score (nSPS) is 14.9. The van der Waals surface area contributed by atoms with Crippen LogP contribution in [0, 0.1) is 5.92 Å². The average Bonchev–Trinajstić information content (AvgIpc) is 2.69. The van der Waals surface area contributed by atoms with Gasteiger partial charge in [0, 0.05) is 25.8 Å². The first-order chi connectivity index (χ1) is 12.7. The molecule has 1 aromatic carbocycles. The van der Waals surface area contributed by atoms with Gasteiger partial charge in [0.05, 0.1) is 7.11 Å². The van der Waals surface area contributed by atoms with Crippen molar-refractivity contribution >= 4 is 11.9 Å². The molecule has 1 amide bonds. The monoisotopic (exact) mass is 354 g/mol.